The van der Waals surface area contributed by atoms with Crippen LogP contribution in [0.25, 0.3) is 0 Å². The van der Waals surface area contributed by atoms with E-state index in [0.717, 1.165) is 11.3 Å². The second-order valence-corrected chi connectivity index (χ2v) is 4.09. The molecule has 3 rings (SSSR count). The maximum absolute atomic E-state index is 11.3. The molecule has 2 unspecified atom stereocenters. The summed E-state index contributed by atoms with van der Waals surface area (Å²) in [6.07, 6.45) is 0. The van der Waals surface area contributed by atoms with Crippen molar-refractivity contribution in [3.8, 4) is 5.75 Å². The number of esters is 1. The van der Waals surface area contributed by atoms with Crippen LogP contribution in [0.4, 0.5) is 0 Å². The molecule has 1 aliphatic heterocycles. The molecule has 1 aromatic rings. The number of hydrogen-bond acceptors (Lipinski definition) is 3. The van der Waals surface area contributed by atoms with Gasteiger partial charge in [0.05, 0.1) is 19.6 Å². The average Bonchev–Trinajstić information content (AvgIpc) is 2.89. The van der Waals surface area contributed by atoms with Gasteiger partial charge >= 0.3 is 5.97 Å². The molecule has 1 heterocycles. The lowest BCUT2D eigenvalue weighted by atomic mass is 10.1. The second kappa shape index (κ2) is 2.99. The zero-order chi connectivity index (χ0) is 10.4. The first kappa shape index (κ1) is 8.77. The number of carbonyl (C=O) groups is 1. The highest BCUT2D eigenvalue weighted by atomic mass is 16.5. The van der Waals surface area contributed by atoms with E-state index in [2.05, 4.69) is 0 Å². The molecular weight excluding hydrogens is 192 g/mol. The third-order valence-electron chi connectivity index (χ3n) is 3.36. The fourth-order valence-electron chi connectivity index (χ4n) is 2.54. The zero-order valence-corrected chi connectivity index (χ0v) is 8.47. The molecule has 1 saturated carbocycles. The van der Waals surface area contributed by atoms with Crippen LogP contribution in [0.1, 0.15) is 11.5 Å². The third kappa shape index (κ3) is 1.16. The van der Waals surface area contributed by atoms with Crippen LogP contribution in [-0.2, 0) is 9.53 Å². The number of fused-ring (bicyclic) bond motifs is 1. The normalized spacial score (nSPS) is 32.1. The van der Waals surface area contributed by atoms with Crippen molar-refractivity contribution in [3.63, 3.8) is 0 Å². The number of cyclic esters (lactones) is 1. The first-order valence-corrected chi connectivity index (χ1v) is 5.12. The van der Waals surface area contributed by atoms with E-state index in [0.29, 0.717) is 18.4 Å². The number of carbonyl (C=O) groups excluding carboxylic acids is 1. The summed E-state index contributed by atoms with van der Waals surface area (Å²) in [6.45, 7) is 0.576. The molecule has 2 fully saturated rings. The summed E-state index contributed by atoms with van der Waals surface area (Å²) in [5.74, 6) is 1.62. The van der Waals surface area contributed by atoms with E-state index >= 15 is 0 Å². The Morgan fingerprint density at radius 1 is 1.33 bits per heavy atom. The summed E-state index contributed by atoms with van der Waals surface area (Å²) < 4.78 is 10.3. The summed E-state index contributed by atoms with van der Waals surface area (Å²) in [6, 6.07) is 7.90. The number of para-hydroxylation sites is 1. The monoisotopic (exact) mass is 204 g/mol. The van der Waals surface area contributed by atoms with Crippen molar-refractivity contribution in [1.29, 1.82) is 0 Å². The Bertz CT molecular complexity index is 413. The number of benzene rings is 1. The summed E-state index contributed by atoms with van der Waals surface area (Å²) in [5.41, 5.74) is 1.15. The average molecular weight is 204 g/mol. The first-order valence-electron chi connectivity index (χ1n) is 5.12. The predicted octanol–water partition coefficient (Wildman–Crippen LogP) is 1.58. The lowest BCUT2D eigenvalue weighted by Crippen LogP contribution is -2.05. The largest absolute Gasteiger partial charge is 0.496 e. The molecule has 0 spiro atoms. The van der Waals surface area contributed by atoms with Gasteiger partial charge in [0.15, 0.2) is 0 Å². The molecule has 0 amide bonds. The standard InChI is InChI=1S/C12H12O3/c1-14-9-5-3-2-4-7(9)10-8-6-15-12(13)11(8)10/h2-5,8,10-11H,6H2,1H3/t8-,10?,11?/m1/s1. The molecule has 1 aliphatic carbocycles. The Balaban J connectivity index is 1.92. The smallest absolute Gasteiger partial charge is 0.310 e. The molecule has 1 aromatic carbocycles. The SMILES string of the molecule is COc1ccccc1C1C2C(=O)OC[C@@H]21. The maximum Gasteiger partial charge on any atom is 0.310 e. The highest BCUT2D eigenvalue weighted by molar-refractivity contribution is 5.81. The Morgan fingerprint density at radius 2 is 2.13 bits per heavy atom. The number of hydrogen-bond donors (Lipinski definition) is 0. The summed E-state index contributed by atoms with van der Waals surface area (Å²) in [5, 5.41) is 0. The summed E-state index contributed by atoms with van der Waals surface area (Å²) in [4.78, 5) is 11.3. The van der Waals surface area contributed by atoms with E-state index in [-0.39, 0.29) is 11.9 Å². The fourth-order valence-corrected chi connectivity index (χ4v) is 2.54. The van der Waals surface area contributed by atoms with Gasteiger partial charge in [-0.2, -0.15) is 0 Å². The maximum atomic E-state index is 11.3. The lowest BCUT2D eigenvalue weighted by molar-refractivity contribution is -0.141. The predicted molar refractivity (Wildman–Crippen MR) is 53.7 cm³/mol. The van der Waals surface area contributed by atoms with Gasteiger partial charge in [0.2, 0.25) is 0 Å². The molecule has 0 aromatic heterocycles. The van der Waals surface area contributed by atoms with Gasteiger partial charge in [0.1, 0.15) is 5.75 Å². The van der Waals surface area contributed by atoms with E-state index in [1.807, 2.05) is 24.3 Å². The first-order chi connectivity index (χ1) is 7.33. The van der Waals surface area contributed by atoms with Crippen molar-refractivity contribution in [2.75, 3.05) is 13.7 Å². The van der Waals surface area contributed by atoms with Gasteiger partial charge in [0.25, 0.3) is 0 Å². The molecule has 78 valence electrons. The van der Waals surface area contributed by atoms with Crippen molar-refractivity contribution >= 4 is 5.97 Å². The van der Waals surface area contributed by atoms with Gasteiger partial charge in [-0.1, -0.05) is 18.2 Å². The number of rotatable bonds is 2. The van der Waals surface area contributed by atoms with E-state index in [9.17, 15) is 4.79 Å². The van der Waals surface area contributed by atoms with Gasteiger partial charge in [-0.15, -0.1) is 0 Å². The van der Waals surface area contributed by atoms with Gasteiger partial charge in [-0.3, -0.25) is 4.79 Å². The Morgan fingerprint density at radius 3 is 2.80 bits per heavy atom. The minimum absolute atomic E-state index is 0.0455. The van der Waals surface area contributed by atoms with Gasteiger partial charge in [0, 0.05) is 11.8 Å². The van der Waals surface area contributed by atoms with Crippen molar-refractivity contribution in [2.45, 2.75) is 5.92 Å². The van der Waals surface area contributed by atoms with Crippen LogP contribution >= 0.6 is 0 Å². The zero-order valence-electron chi connectivity index (χ0n) is 8.47. The molecule has 15 heavy (non-hydrogen) atoms. The van der Waals surface area contributed by atoms with E-state index in [4.69, 9.17) is 9.47 Å². The van der Waals surface area contributed by atoms with Crippen LogP contribution in [0.2, 0.25) is 0 Å². The minimum Gasteiger partial charge on any atom is -0.496 e. The molecule has 0 N–H and O–H groups in total. The fraction of sp³-hybridized carbons (Fsp3) is 0.417. The van der Waals surface area contributed by atoms with Crippen LogP contribution in [0.15, 0.2) is 24.3 Å². The molecule has 2 aliphatic rings. The minimum atomic E-state index is -0.0455. The van der Waals surface area contributed by atoms with Crippen molar-refractivity contribution in [3.05, 3.63) is 29.8 Å². The van der Waals surface area contributed by atoms with Gasteiger partial charge in [-0.05, 0) is 11.6 Å². The highest BCUT2D eigenvalue weighted by Gasteiger charge is 2.61. The number of methoxy groups -OCH3 is 1. The van der Waals surface area contributed by atoms with Crippen molar-refractivity contribution < 1.29 is 14.3 Å². The molecule has 0 bridgehead atoms. The highest BCUT2D eigenvalue weighted by Crippen LogP contribution is 2.59. The Kier molecular flexibility index (Phi) is 1.75. The van der Waals surface area contributed by atoms with Crippen molar-refractivity contribution in [1.82, 2.24) is 0 Å². The van der Waals surface area contributed by atoms with Crippen LogP contribution in [0.3, 0.4) is 0 Å². The van der Waals surface area contributed by atoms with Crippen LogP contribution in [-0.4, -0.2) is 19.7 Å². The van der Waals surface area contributed by atoms with E-state index < -0.39 is 0 Å². The Labute approximate surface area is 88.0 Å². The molecule has 0 radical (unpaired) electrons. The van der Waals surface area contributed by atoms with Crippen LogP contribution in [0, 0.1) is 11.8 Å². The van der Waals surface area contributed by atoms with E-state index in [1.165, 1.54) is 0 Å². The van der Waals surface area contributed by atoms with Crippen molar-refractivity contribution in [2.24, 2.45) is 11.8 Å². The second-order valence-electron chi connectivity index (χ2n) is 4.09. The third-order valence-corrected chi connectivity index (χ3v) is 3.36. The quantitative estimate of drug-likeness (QED) is 0.686. The molecule has 3 heteroatoms. The van der Waals surface area contributed by atoms with Crippen LogP contribution < -0.4 is 4.74 Å². The van der Waals surface area contributed by atoms with Gasteiger partial charge in [-0.25, -0.2) is 0 Å². The molecule has 3 nitrogen and oxygen atoms in total. The number of ether oxygens (including phenoxy) is 2. The summed E-state index contributed by atoms with van der Waals surface area (Å²) >= 11 is 0. The van der Waals surface area contributed by atoms with Crippen LogP contribution in [0.5, 0.6) is 5.75 Å². The Hall–Kier alpha value is -1.51. The topological polar surface area (TPSA) is 35.5 Å². The van der Waals surface area contributed by atoms with Gasteiger partial charge < -0.3 is 9.47 Å². The molecule has 3 atom stereocenters. The molecular formula is C12H12O3. The molecule has 1 saturated heterocycles. The van der Waals surface area contributed by atoms with E-state index in [1.54, 1.807) is 7.11 Å². The summed E-state index contributed by atoms with van der Waals surface area (Å²) in [7, 11) is 1.66. The lowest BCUT2D eigenvalue weighted by Gasteiger charge is -2.09.